The second kappa shape index (κ2) is 5.80. The van der Waals surface area contributed by atoms with Crippen LogP contribution in [0.1, 0.15) is 25.3 Å². The summed E-state index contributed by atoms with van der Waals surface area (Å²) in [6.45, 7) is 3.16. The predicted octanol–water partition coefficient (Wildman–Crippen LogP) is 4.38. The van der Waals surface area contributed by atoms with Crippen LogP contribution < -0.4 is 0 Å². The van der Waals surface area contributed by atoms with Gasteiger partial charge in [-0.15, -0.1) is 0 Å². The molecule has 0 amide bonds. The van der Waals surface area contributed by atoms with Crippen molar-refractivity contribution in [2.45, 2.75) is 26.3 Å². The van der Waals surface area contributed by atoms with Crippen LogP contribution in [-0.4, -0.2) is 9.55 Å². The summed E-state index contributed by atoms with van der Waals surface area (Å²) in [7, 11) is 0. The van der Waals surface area contributed by atoms with Crippen LogP contribution in [0.3, 0.4) is 0 Å². The number of nitriles is 1. The first-order chi connectivity index (χ1) is 10.3. The van der Waals surface area contributed by atoms with Crippen LogP contribution >= 0.6 is 0 Å². The van der Waals surface area contributed by atoms with Gasteiger partial charge in [-0.1, -0.05) is 25.5 Å². The van der Waals surface area contributed by atoms with Crippen LogP contribution in [0.2, 0.25) is 0 Å². The fourth-order valence-corrected chi connectivity index (χ4v) is 2.53. The molecule has 1 aromatic heterocycles. The molecule has 0 saturated carbocycles. The van der Waals surface area contributed by atoms with Gasteiger partial charge in [-0.3, -0.25) is 0 Å². The van der Waals surface area contributed by atoms with E-state index in [0.717, 1.165) is 36.3 Å². The number of benzene rings is 2. The summed E-state index contributed by atoms with van der Waals surface area (Å²) >= 11 is 0. The third kappa shape index (κ3) is 2.53. The molecule has 0 atom stereocenters. The summed E-state index contributed by atoms with van der Waals surface area (Å²) in [5.41, 5.74) is 3.93. The molecule has 3 heteroatoms. The highest BCUT2D eigenvalue weighted by Crippen LogP contribution is 2.25. The zero-order chi connectivity index (χ0) is 14.7. The Hall–Kier alpha value is -2.60. The first kappa shape index (κ1) is 13.4. The van der Waals surface area contributed by atoms with Crippen molar-refractivity contribution in [3.63, 3.8) is 0 Å². The van der Waals surface area contributed by atoms with Crippen molar-refractivity contribution in [2.75, 3.05) is 0 Å². The summed E-state index contributed by atoms with van der Waals surface area (Å²) in [6.07, 6.45) is 2.28. The van der Waals surface area contributed by atoms with E-state index in [0.29, 0.717) is 5.56 Å². The molecule has 1 heterocycles. The molecule has 0 radical (unpaired) electrons. The highest BCUT2D eigenvalue weighted by molar-refractivity contribution is 5.80. The molecule has 3 aromatic rings. The first-order valence-electron chi connectivity index (χ1n) is 7.29. The number of rotatable bonds is 4. The smallest absolute Gasteiger partial charge is 0.141 e. The summed E-state index contributed by atoms with van der Waals surface area (Å²) in [5.74, 6) is 0.981. The van der Waals surface area contributed by atoms with Gasteiger partial charge in [0.2, 0.25) is 0 Å². The van der Waals surface area contributed by atoms with Crippen molar-refractivity contribution in [1.29, 1.82) is 5.26 Å². The Labute approximate surface area is 124 Å². The molecule has 2 aromatic carbocycles. The minimum atomic E-state index is 0.676. The number of unbranched alkanes of at least 4 members (excludes halogenated alkanes) is 1. The Morgan fingerprint density at radius 3 is 2.57 bits per heavy atom. The number of aromatic nitrogens is 2. The molecule has 0 unspecified atom stereocenters. The fourth-order valence-electron chi connectivity index (χ4n) is 2.53. The largest absolute Gasteiger partial charge is 0.324 e. The molecule has 0 spiro atoms. The summed E-state index contributed by atoms with van der Waals surface area (Å²) in [6, 6.07) is 18.0. The average molecular weight is 275 g/mol. The lowest BCUT2D eigenvalue weighted by atomic mass is 10.1. The molecule has 0 aliphatic rings. The molecule has 0 aliphatic carbocycles. The van der Waals surface area contributed by atoms with E-state index >= 15 is 0 Å². The molecule has 3 nitrogen and oxygen atoms in total. The monoisotopic (exact) mass is 275 g/mol. The van der Waals surface area contributed by atoms with E-state index < -0.39 is 0 Å². The van der Waals surface area contributed by atoms with E-state index in [4.69, 9.17) is 10.2 Å². The third-order valence-electron chi connectivity index (χ3n) is 3.66. The van der Waals surface area contributed by atoms with E-state index in [1.807, 2.05) is 36.4 Å². The minimum Gasteiger partial charge on any atom is -0.324 e. The Morgan fingerprint density at radius 2 is 1.86 bits per heavy atom. The summed E-state index contributed by atoms with van der Waals surface area (Å²) in [4.78, 5) is 4.77. The van der Waals surface area contributed by atoms with Gasteiger partial charge in [0.05, 0.1) is 22.7 Å². The number of imidazole rings is 1. The van der Waals surface area contributed by atoms with Gasteiger partial charge in [0, 0.05) is 12.1 Å². The number of para-hydroxylation sites is 2. The predicted molar refractivity (Wildman–Crippen MR) is 84.8 cm³/mol. The molecular formula is C18H17N3. The van der Waals surface area contributed by atoms with Gasteiger partial charge in [0.15, 0.2) is 0 Å². The normalized spacial score (nSPS) is 10.7. The van der Waals surface area contributed by atoms with Crippen molar-refractivity contribution in [3.05, 3.63) is 54.1 Å². The Bertz CT molecular complexity index is 791. The molecule has 3 rings (SSSR count). The highest BCUT2D eigenvalue weighted by Gasteiger charge is 2.11. The lowest BCUT2D eigenvalue weighted by molar-refractivity contribution is 0.651. The van der Waals surface area contributed by atoms with Gasteiger partial charge in [0.1, 0.15) is 5.82 Å². The summed E-state index contributed by atoms with van der Waals surface area (Å²) < 4.78 is 2.28. The summed E-state index contributed by atoms with van der Waals surface area (Å²) in [5, 5.41) is 8.91. The van der Waals surface area contributed by atoms with Crippen molar-refractivity contribution < 1.29 is 0 Å². The van der Waals surface area contributed by atoms with E-state index in [1.165, 1.54) is 5.52 Å². The standard InChI is InChI=1S/C18H17N3/c1-2-3-12-21-17-7-5-4-6-16(17)20-18(21)15-10-8-14(13-19)9-11-15/h4-11H,2-3,12H2,1H3. The van der Waals surface area contributed by atoms with Gasteiger partial charge in [-0.25, -0.2) is 4.98 Å². The maximum atomic E-state index is 8.91. The molecule has 0 bridgehead atoms. The van der Waals surface area contributed by atoms with Gasteiger partial charge < -0.3 is 4.57 Å². The Kier molecular flexibility index (Phi) is 3.70. The van der Waals surface area contributed by atoms with Gasteiger partial charge in [-0.2, -0.15) is 5.26 Å². The lowest BCUT2D eigenvalue weighted by Gasteiger charge is -2.08. The SMILES string of the molecule is CCCCn1c(-c2ccc(C#N)cc2)nc2ccccc21. The maximum absolute atomic E-state index is 8.91. The first-order valence-corrected chi connectivity index (χ1v) is 7.29. The molecular weight excluding hydrogens is 258 g/mol. The second-order valence-corrected chi connectivity index (χ2v) is 5.12. The van der Waals surface area contributed by atoms with Crippen molar-refractivity contribution in [1.82, 2.24) is 9.55 Å². The molecule has 0 saturated heterocycles. The van der Waals surface area contributed by atoms with Crippen molar-refractivity contribution >= 4 is 11.0 Å². The van der Waals surface area contributed by atoms with E-state index in [2.05, 4.69) is 29.7 Å². The molecule has 0 N–H and O–H groups in total. The molecule has 21 heavy (non-hydrogen) atoms. The number of hydrogen-bond donors (Lipinski definition) is 0. The van der Waals surface area contributed by atoms with E-state index in [9.17, 15) is 0 Å². The number of hydrogen-bond acceptors (Lipinski definition) is 2. The van der Waals surface area contributed by atoms with Crippen LogP contribution in [0.15, 0.2) is 48.5 Å². The zero-order valence-electron chi connectivity index (χ0n) is 12.1. The Morgan fingerprint density at radius 1 is 1.10 bits per heavy atom. The zero-order valence-corrected chi connectivity index (χ0v) is 12.1. The number of nitrogens with zero attached hydrogens (tertiary/aromatic N) is 3. The number of aryl methyl sites for hydroxylation is 1. The van der Waals surface area contributed by atoms with Crippen molar-refractivity contribution in [2.24, 2.45) is 0 Å². The maximum Gasteiger partial charge on any atom is 0.141 e. The molecule has 0 fully saturated rings. The molecule has 0 aliphatic heterocycles. The quantitative estimate of drug-likeness (QED) is 0.709. The minimum absolute atomic E-state index is 0.676. The van der Waals surface area contributed by atoms with Crippen molar-refractivity contribution in [3.8, 4) is 17.5 Å². The highest BCUT2D eigenvalue weighted by atomic mass is 15.1. The third-order valence-corrected chi connectivity index (χ3v) is 3.66. The van der Waals surface area contributed by atoms with Gasteiger partial charge >= 0.3 is 0 Å². The van der Waals surface area contributed by atoms with Crippen LogP contribution in [-0.2, 0) is 6.54 Å². The van der Waals surface area contributed by atoms with E-state index in [1.54, 1.807) is 0 Å². The van der Waals surface area contributed by atoms with Crippen LogP contribution in [0.4, 0.5) is 0 Å². The van der Waals surface area contributed by atoms with Crippen LogP contribution in [0.25, 0.3) is 22.4 Å². The fraction of sp³-hybridized carbons (Fsp3) is 0.222. The number of fused-ring (bicyclic) bond motifs is 1. The van der Waals surface area contributed by atoms with Crippen LogP contribution in [0, 0.1) is 11.3 Å². The second-order valence-electron chi connectivity index (χ2n) is 5.12. The van der Waals surface area contributed by atoms with Gasteiger partial charge in [-0.05, 0) is 42.8 Å². The Balaban J connectivity index is 2.13. The molecule has 104 valence electrons. The lowest BCUT2D eigenvalue weighted by Crippen LogP contribution is -2.00. The van der Waals surface area contributed by atoms with Gasteiger partial charge in [0.25, 0.3) is 0 Å². The van der Waals surface area contributed by atoms with Crippen LogP contribution in [0.5, 0.6) is 0 Å². The average Bonchev–Trinajstić information content (AvgIpc) is 2.91. The van der Waals surface area contributed by atoms with E-state index in [-0.39, 0.29) is 0 Å². The topological polar surface area (TPSA) is 41.6 Å².